The molecule has 0 aromatic heterocycles. The predicted molar refractivity (Wildman–Crippen MR) is 78.4 cm³/mol. The largest absolute Gasteiger partial charge is 0.496 e. The van der Waals surface area contributed by atoms with Gasteiger partial charge in [-0.2, -0.15) is 0 Å². The van der Waals surface area contributed by atoms with E-state index in [9.17, 15) is 4.79 Å². The van der Waals surface area contributed by atoms with E-state index >= 15 is 0 Å². The van der Waals surface area contributed by atoms with Gasteiger partial charge in [-0.15, -0.1) is 0 Å². The first-order chi connectivity index (χ1) is 9.02. The highest BCUT2D eigenvalue weighted by Crippen LogP contribution is 2.26. The third-order valence-electron chi connectivity index (χ3n) is 3.66. The summed E-state index contributed by atoms with van der Waals surface area (Å²) in [6, 6.07) is 5.61. The molecule has 1 aromatic rings. The number of hydrogen-bond donors (Lipinski definition) is 1. The zero-order valence-corrected chi connectivity index (χ0v) is 12.8. The number of nitrogens with two attached hydrogens (primary N) is 1. The van der Waals surface area contributed by atoms with Crippen LogP contribution in [0.25, 0.3) is 0 Å². The molecule has 0 bridgehead atoms. The van der Waals surface area contributed by atoms with E-state index in [1.165, 1.54) is 0 Å². The first-order valence-electron chi connectivity index (χ1n) is 6.41. The molecule has 2 rings (SSSR count). The first-order valence-corrected chi connectivity index (χ1v) is 7.20. The Morgan fingerprint density at radius 3 is 2.84 bits per heavy atom. The van der Waals surface area contributed by atoms with Gasteiger partial charge in [-0.05, 0) is 46.5 Å². The molecule has 1 aliphatic rings. The van der Waals surface area contributed by atoms with E-state index in [1.54, 1.807) is 25.3 Å². The number of amides is 1. The van der Waals surface area contributed by atoms with Crippen LogP contribution in [0.5, 0.6) is 5.75 Å². The number of rotatable bonds is 2. The third kappa shape index (κ3) is 3.09. The topological polar surface area (TPSA) is 55.6 Å². The normalized spacial score (nSPS) is 23.3. The molecule has 2 atom stereocenters. The SMILES string of the molecule is COc1ccc(C(=O)N2CCC(N)C(C)C2)cc1Br. The number of nitrogens with zero attached hydrogens (tertiary/aromatic N) is 1. The fourth-order valence-corrected chi connectivity index (χ4v) is 2.87. The number of benzene rings is 1. The molecule has 19 heavy (non-hydrogen) atoms. The number of piperidine rings is 1. The lowest BCUT2D eigenvalue weighted by Crippen LogP contribution is -2.48. The number of hydrogen-bond acceptors (Lipinski definition) is 3. The van der Waals surface area contributed by atoms with E-state index < -0.39 is 0 Å². The first kappa shape index (κ1) is 14.3. The van der Waals surface area contributed by atoms with Gasteiger partial charge in [0.2, 0.25) is 0 Å². The minimum Gasteiger partial charge on any atom is -0.496 e. The maximum atomic E-state index is 12.4. The lowest BCUT2D eigenvalue weighted by Gasteiger charge is -2.35. The van der Waals surface area contributed by atoms with Crippen LogP contribution in [0.1, 0.15) is 23.7 Å². The van der Waals surface area contributed by atoms with Crippen molar-refractivity contribution in [2.45, 2.75) is 19.4 Å². The van der Waals surface area contributed by atoms with Crippen molar-refractivity contribution in [3.63, 3.8) is 0 Å². The summed E-state index contributed by atoms with van der Waals surface area (Å²) in [5, 5.41) is 0. The zero-order chi connectivity index (χ0) is 14.0. The van der Waals surface area contributed by atoms with Gasteiger partial charge in [0.05, 0.1) is 11.6 Å². The molecule has 1 fully saturated rings. The average Bonchev–Trinajstić information content (AvgIpc) is 2.41. The molecule has 104 valence electrons. The number of halogens is 1. The molecule has 1 aliphatic heterocycles. The molecular weight excluding hydrogens is 308 g/mol. The monoisotopic (exact) mass is 326 g/mol. The average molecular weight is 327 g/mol. The number of carbonyl (C=O) groups is 1. The molecule has 0 aliphatic carbocycles. The highest BCUT2D eigenvalue weighted by atomic mass is 79.9. The Morgan fingerprint density at radius 2 is 2.26 bits per heavy atom. The van der Waals surface area contributed by atoms with Crippen molar-refractivity contribution < 1.29 is 9.53 Å². The number of likely N-dealkylation sites (tertiary alicyclic amines) is 1. The quantitative estimate of drug-likeness (QED) is 0.907. The summed E-state index contributed by atoms with van der Waals surface area (Å²) < 4.78 is 5.96. The minimum atomic E-state index is 0.0575. The Kier molecular flexibility index (Phi) is 4.47. The van der Waals surface area contributed by atoms with E-state index in [0.29, 0.717) is 11.5 Å². The molecular formula is C14H19BrN2O2. The van der Waals surface area contributed by atoms with Crippen LogP contribution in [-0.4, -0.2) is 37.0 Å². The number of methoxy groups -OCH3 is 1. The van der Waals surface area contributed by atoms with Gasteiger partial charge in [0.25, 0.3) is 5.91 Å². The molecule has 5 heteroatoms. The van der Waals surface area contributed by atoms with Gasteiger partial charge in [0.15, 0.2) is 0 Å². The van der Waals surface area contributed by atoms with E-state index in [0.717, 1.165) is 29.7 Å². The summed E-state index contributed by atoms with van der Waals surface area (Å²) in [6.07, 6.45) is 0.865. The predicted octanol–water partition coefficient (Wildman–Crippen LogP) is 2.27. The third-order valence-corrected chi connectivity index (χ3v) is 4.28. The fourth-order valence-electron chi connectivity index (χ4n) is 2.33. The summed E-state index contributed by atoms with van der Waals surface area (Å²) in [5.74, 6) is 1.13. The smallest absolute Gasteiger partial charge is 0.253 e. The van der Waals surface area contributed by atoms with Crippen molar-refractivity contribution in [2.24, 2.45) is 11.7 Å². The Bertz CT molecular complexity index is 479. The summed E-state index contributed by atoms with van der Waals surface area (Å²) >= 11 is 3.41. The van der Waals surface area contributed by atoms with Gasteiger partial charge < -0.3 is 15.4 Å². The van der Waals surface area contributed by atoms with Crippen molar-refractivity contribution in [3.05, 3.63) is 28.2 Å². The Morgan fingerprint density at radius 1 is 1.53 bits per heavy atom. The highest BCUT2D eigenvalue weighted by molar-refractivity contribution is 9.10. The van der Waals surface area contributed by atoms with Crippen LogP contribution in [0.4, 0.5) is 0 Å². The minimum absolute atomic E-state index is 0.0575. The number of ether oxygens (including phenoxy) is 1. The Hall–Kier alpha value is -1.07. The van der Waals surface area contributed by atoms with E-state index in [-0.39, 0.29) is 11.9 Å². The molecule has 4 nitrogen and oxygen atoms in total. The second-order valence-electron chi connectivity index (χ2n) is 5.03. The van der Waals surface area contributed by atoms with Gasteiger partial charge in [0.1, 0.15) is 5.75 Å². The maximum absolute atomic E-state index is 12.4. The van der Waals surface area contributed by atoms with Crippen LogP contribution < -0.4 is 10.5 Å². The van der Waals surface area contributed by atoms with Crippen molar-refractivity contribution in [2.75, 3.05) is 20.2 Å². The second kappa shape index (κ2) is 5.92. The van der Waals surface area contributed by atoms with Crippen molar-refractivity contribution in [3.8, 4) is 5.75 Å². The standard InChI is InChI=1S/C14H19BrN2O2/c1-9-8-17(6-5-12(9)16)14(18)10-3-4-13(19-2)11(15)7-10/h3-4,7,9,12H,5-6,8,16H2,1-2H3. The second-order valence-corrected chi connectivity index (χ2v) is 5.88. The number of carbonyl (C=O) groups excluding carboxylic acids is 1. The van der Waals surface area contributed by atoms with Crippen molar-refractivity contribution in [1.29, 1.82) is 0 Å². The van der Waals surface area contributed by atoms with Crippen LogP contribution in [-0.2, 0) is 0 Å². The van der Waals surface area contributed by atoms with Gasteiger partial charge in [-0.3, -0.25) is 4.79 Å². The van der Waals surface area contributed by atoms with Gasteiger partial charge >= 0.3 is 0 Å². The summed E-state index contributed by atoms with van der Waals surface area (Å²) in [4.78, 5) is 14.3. The van der Waals surface area contributed by atoms with Gasteiger partial charge in [-0.1, -0.05) is 6.92 Å². The van der Waals surface area contributed by atoms with Gasteiger partial charge in [-0.25, -0.2) is 0 Å². The van der Waals surface area contributed by atoms with Crippen LogP contribution in [0, 0.1) is 5.92 Å². The molecule has 1 saturated heterocycles. The lowest BCUT2D eigenvalue weighted by atomic mass is 9.94. The molecule has 0 spiro atoms. The zero-order valence-electron chi connectivity index (χ0n) is 11.2. The lowest BCUT2D eigenvalue weighted by molar-refractivity contribution is 0.0664. The molecule has 0 saturated carbocycles. The van der Waals surface area contributed by atoms with E-state index in [1.807, 2.05) is 4.90 Å². The highest BCUT2D eigenvalue weighted by Gasteiger charge is 2.27. The fraction of sp³-hybridized carbons (Fsp3) is 0.500. The maximum Gasteiger partial charge on any atom is 0.253 e. The summed E-state index contributed by atoms with van der Waals surface area (Å²) in [5.41, 5.74) is 6.66. The Balaban J connectivity index is 2.13. The molecule has 0 radical (unpaired) electrons. The van der Waals surface area contributed by atoms with Crippen LogP contribution >= 0.6 is 15.9 Å². The van der Waals surface area contributed by atoms with Crippen LogP contribution in [0.15, 0.2) is 22.7 Å². The summed E-state index contributed by atoms with van der Waals surface area (Å²) in [6.45, 7) is 3.55. The van der Waals surface area contributed by atoms with E-state index in [2.05, 4.69) is 22.9 Å². The summed E-state index contributed by atoms with van der Waals surface area (Å²) in [7, 11) is 1.61. The van der Waals surface area contributed by atoms with E-state index in [4.69, 9.17) is 10.5 Å². The molecule has 1 aromatic carbocycles. The van der Waals surface area contributed by atoms with Crippen LogP contribution in [0.3, 0.4) is 0 Å². The van der Waals surface area contributed by atoms with Gasteiger partial charge in [0, 0.05) is 24.7 Å². The molecule has 2 N–H and O–H groups in total. The molecule has 1 heterocycles. The Labute approximate surface area is 122 Å². The van der Waals surface area contributed by atoms with Crippen molar-refractivity contribution in [1.82, 2.24) is 4.90 Å². The molecule has 1 amide bonds. The molecule has 2 unspecified atom stereocenters. The van der Waals surface area contributed by atoms with Crippen molar-refractivity contribution >= 4 is 21.8 Å². The van der Waals surface area contributed by atoms with Crippen LogP contribution in [0.2, 0.25) is 0 Å².